The quantitative estimate of drug-likeness (QED) is 0.302. The molecule has 0 amide bonds. The van der Waals surface area contributed by atoms with E-state index in [4.69, 9.17) is 14.8 Å². The first-order chi connectivity index (χ1) is 7.08. The van der Waals surface area contributed by atoms with Crippen LogP contribution in [0.25, 0.3) is 0 Å². The largest absolute Gasteiger partial charge is 0.489 e. The van der Waals surface area contributed by atoms with Gasteiger partial charge in [-0.1, -0.05) is 24.8 Å². The maximum atomic E-state index is 11.4. The predicted octanol–water partition coefficient (Wildman–Crippen LogP) is 0.620. The van der Waals surface area contributed by atoms with Crippen molar-refractivity contribution in [3.8, 4) is 0 Å². The number of hydrogen-bond donors (Lipinski definition) is 2. The third-order valence-corrected chi connectivity index (χ3v) is 1.67. The van der Waals surface area contributed by atoms with Crippen molar-refractivity contribution in [1.29, 1.82) is 0 Å². The van der Waals surface area contributed by atoms with Gasteiger partial charge in [-0.25, -0.2) is 4.79 Å². The van der Waals surface area contributed by atoms with Gasteiger partial charge in [0.25, 0.3) is 0 Å². The van der Waals surface area contributed by atoms with Gasteiger partial charge in [-0.15, -0.1) is 0 Å². The molecule has 0 aromatic heterocycles. The van der Waals surface area contributed by atoms with Gasteiger partial charge in [-0.2, -0.15) is 0 Å². The lowest BCUT2D eigenvalue weighted by Gasteiger charge is -2.09. The number of ether oxygens (including phenoxy) is 1. The van der Waals surface area contributed by atoms with Crippen molar-refractivity contribution < 1.29 is 19.6 Å². The van der Waals surface area contributed by atoms with Crippen LogP contribution < -0.4 is 0 Å². The highest BCUT2D eigenvalue weighted by Crippen LogP contribution is 2.13. The van der Waals surface area contributed by atoms with Crippen LogP contribution in [0.3, 0.4) is 0 Å². The van der Waals surface area contributed by atoms with Crippen LogP contribution in [0.1, 0.15) is 13.8 Å². The maximum absolute atomic E-state index is 11.4. The smallest absolute Gasteiger partial charge is 0.462 e. The Hall–Kier alpha value is -1.33. The first-order valence-corrected chi connectivity index (χ1v) is 4.61. The summed E-state index contributed by atoms with van der Waals surface area (Å²) in [6.07, 6.45) is 4.20. The molecular weight excluding hydrogens is 195 g/mol. The molecular formula is C10H15BO4. The minimum atomic E-state index is -1.72. The van der Waals surface area contributed by atoms with Crippen molar-refractivity contribution in [1.82, 2.24) is 0 Å². The van der Waals surface area contributed by atoms with Crippen molar-refractivity contribution >= 4 is 13.1 Å². The molecule has 4 nitrogen and oxygen atoms in total. The summed E-state index contributed by atoms with van der Waals surface area (Å²) in [7, 11) is -1.72. The Kier molecular flexibility index (Phi) is 6.41. The van der Waals surface area contributed by atoms with E-state index in [-0.39, 0.29) is 17.7 Å². The van der Waals surface area contributed by atoms with Gasteiger partial charge < -0.3 is 14.8 Å². The van der Waals surface area contributed by atoms with E-state index in [0.29, 0.717) is 0 Å². The van der Waals surface area contributed by atoms with Crippen molar-refractivity contribution in [2.45, 2.75) is 13.8 Å². The fourth-order valence-electron chi connectivity index (χ4n) is 1.05. The summed E-state index contributed by atoms with van der Waals surface area (Å²) in [5.41, 5.74) is 0.206. The second-order valence-electron chi connectivity index (χ2n) is 2.65. The molecule has 0 fully saturated rings. The predicted molar refractivity (Wildman–Crippen MR) is 58.9 cm³/mol. The monoisotopic (exact) mass is 210 g/mol. The lowest BCUT2D eigenvalue weighted by molar-refractivity contribution is -0.138. The Morgan fingerprint density at radius 3 is 2.47 bits per heavy atom. The fourth-order valence-corrected chi connectivity index (χ4v) is 1.05. The van der Waals surface area contributed by atoms with Gasteiger partial charge >= 0.3 is 13.1 Å². The number of carbonyl (C=O) groups excluding carboxylic acids is 1. The zero-order valence-corrected chi connectivity index (χ0v) is 8.93. The molecule has 0 heterocycles. The molecule has 0 unspecified atom stereocenters. The second kappa shape index (κ2) is 7.03. The van der Waals surface area contributed by atoms with Crippen LogP contribution in [0.15, 0.2) is 35.9 Å². The van der Waals surface area contributed by atoms with Crippen LogP contribution in [0.5, 0.6) is 0 Å². The van der Waals surface area contributed by atoms with Gasteiger partial charge in [0.2, 0.25) is 0 Å². The van der Waals surface area contributed by atoms with Crippen molar-refractivity contribution in [3.05, 3.63) is 35.9 Å². The highest BCUT2D eigenvalue weighted by molar-refractivity contribution is 6.53. The summed E-state index contributed by atoms with van der Waals surface area (Å²) >= 11 is 0. The molecule has 0 saturated carbocycles. The molecule has 0 bridgehead atoms. The minimum Gasteiger partial charge on any atom is -0.462 e. The standard InChI is InChI=1S/C10H15BO4/c1-4-7-9(11(13)14)8(5-2)10(12)15-6-3/h4-5,7,13-14H,1,6H2,2-3H3/b8-5+,9-7+. The molecule has 0 aliphatic rings. The normalized spacial score (nSPS) is 12.3. The van der Waals surface area contributed by atoms with Crippen LogP contribution in [-0.2, 0) is 9.53 Å². The third kappa shape index (κ3) is 4.14. The van der Waals surface area contributed by atoms with Crippen molar-refractivity contribution in [2.24, 2.45) is 0 Å². The molecule has 0 aliphatic carbocycles. The van der Waals surface area contributed by atoms with Gasteiger partial charge in [0.05, 0.1) is 12.2 Å². The summed E-state index contributed by atoms with van der Waals surface area (Å²) in [5.74, 6) is -0.582. The number of allylic oxidation sites excluding steroid dienone is 3. The Morgan fingerprint density at radius 2 is 2.13 bits per heavy atom. The summed E-state index contributed by atoms with van der Waals surface area (Å²) in [4.78, 5) is 11.4. The van der Waals surface area contributed by atoms with Crippen molar-refractivity contribution in [2.75, 3.05) is 6.61 Å². The summed E-state index contributed by atoms with van der Waals surface area (Å²) in [5, 5.41) is 18.1. The molecule has 0 rings (SSSR count). The Morgan fingerprint density at radius 1 is 1.53 bits per heavy atom. The van der Waals surface area contributed by atoms with Crippen LogP contribution in [0.4, 0.5) is 0 Å². The average Bonchev–Trinajstić information content (AvgIpc) is 2.18. The number of rotatable bonds is 5. The SMILES string of the molecule is C=C/C=C(B(O)O)\C(=C/C)C(=O)OCC. The highest BCUT2D eigenvalue weighted by Gasteiger charge is 2.23. The van der Waals surface area contributed by atoms with Gasteiger partial charge in [-0.05, 0) is 19.3 Å². The lowest BCUT2D eigenvalue weighted by Crippen LogP contribution is -2.22. The zero-order chi connectivity index (χ0) is 11.8. The Balaban J connectivity index is 5.02. The van der Waals surface area contributed by atoms with Gasteiger partial charge in [0, 0.05) is 0 Å². The molecule has 0 saturated heterocycles. The first kappa shape index (κ1) is 13.7. The van der Waals surface area contributed by atoms with Gasteiger partial charge in [-0.3, -0.25) is 0 Å². The molecule has 2 N–H and O–H groups in total. The summed E-state index contributed by atoms with van der Waals surface area (Å²) in [6.45, 7) is 6.96. The third-order valence-electron chi connectivity index (χ3n) is 1.67. The van der Waals surface area contributed by atoms with E-state index in [9.17, 15) is 4.79 Å². The van der Waals surface area contributed by atoms with E-state index in [2.05, 4.69) is 6.58 Å². The molecule has 0 radical (unpaired) electrons. The Labute approximate surface area is 89.7 Å². The topological polar surface area (TPSA) is 66.8 Å². The maximum Gasteiger partial charge on any atom is 0.489 e. The van der Waals surface area contributed by atoms with Crippen LogP contribution in [0, 0.1) is 0 Å². The summed E-state index contributed by atoms with van der Waals surface area (Å²) in [6, 6.07) is 0. The molecule has 5 heteroatoms. The first-order valence-electron chi connectivity index (χ1n) is 4.61. The second-order valence-corrected chi connectivity index (χ2v) is 2.65. The van der Waals surface area contributed by atoms with E-state index in [1.165, 1.54) is 18.2 Å². The van der Waals surface area contributed by atoms with Crippen LogP contribution in [0.2, 0.25) is 0 Å². The molecule has 15 heavy (non-hydrogen) atoms. The van der Waals surface area contributed by atoms with E-state index in [1.54, 1.807) is 13.8 Å². The minimum absolute atomic E-state index is 0.0750. The number of hydrogen-bond acceptors (Lipinski definition) is 4. The van der Waals surface area contributed by atoms with E-state index >= 15 is 0 Å². The molecule has 82 valence electrons. The average molecular weight is 210 g/mol. The van der Waals surface area contributed by atoms with Crippen molar-refractivity contribution in [3.63, 3.8) is 0 Å². The number of esters is 1. The van der Waals surface area contributed by atoms with Crippen LogP contribution in [-0.4, -0.2) is 29.7 Å². The zero-order valence-electron chi connectivity index (χ0n) is 8.93. The molecule has 0 atom stereocenters. The highest BCUT2D eigenvalue weighted by atomic mass is 16.5. The van der Waals surface area contributed by atoms with E-state index < -0.39 is 13.1 Å². The van der Waals surface area contributed by atoms with Gasteiger partial charge in [0.15, 0.2) is 0 Å². The summed E-state index contributed by atoms with van der Waals surface area (Å²) < 4.78 is 4.77. The van der Waals surface area contributed by atoms with E-state index in [0.717, 1.165) is 0 Å². The molecule has 0 aliphatic heterocycles. The Bertz CT molecular complexity index is 292. The number of carbonyl (C=O) groups is 1. The fraction of sp³-hybridized carbons (Fsp3) is 0.300. The molecule has 0 spiro atoms. The molecule has 0 aromatic rings. The van der Waals surface area contributed by atoms with Crippen LogP contribution >= 0.6 is 0 Å². The van der Waals surface area contributed by atoms with E-state index in [1.807, 2.05) is 0 Å². The molecule has 0 aromatic carbocycles. The van der Waals surface area contributed by atoms with Gasteiger partial charge in [0.1, 0.15) is 0 Å². The lowest BCUT2D eigenvalue weighted by atomic mass is 9.74.